The summed E-state index contributed by atoms with van der Waals surface area (Å²) in [5.74, 6) is 0.281. The fourth-order valence-electron chi connectivity index (χ4n) is 4.91. The third kappa shape index (κ3) is 5.34. The van der Waals surface area contributed by atoms with Crippen molar-refractivity contribution in [2.45, 2.75) is 77.4 Å². The zero-order valence-corrected chi connectivity index (χ0v) is 22.0. The van der Waals surface area contributed by atoms with Gasteiger partial charge in [-0.1, -0.05) is 57.5 Å². The number of nitrogens with one attached hydrogen (secondary N) is 1. The minimum atomic E-state index is -4.56. The highest BCUT2D eigenvalue weighted by Gasteiger charge is 2.37. The van der Waals surface area contributed by atoms with Crippen LogP contribution in [0.3, 0.4) is 0 Å². The van der Waals surface area contributed by atoms with Crippen LogP contribution in [0.25, 0.3) is 0 Å². The lowest BCUT2D eigenvalue weighted by molar-refractivity contribution is -0.137. The summed E-state index contributed by atoms with van der Waals surface area (Å²) in [7, 11) is 0. The first kappa shape index (κ1) is 26.3. The first-order valence-electron chi connectivity index (χ1n) is 12.0. The van der Waals surface area contributed by atoms with Gasteiger partial charge < -0.3 is 9.73 Å². The van der Waals surface area contributed by atoms with Crippen molar-refractivity contribution in [3.8, 4) is 0 Å². The molecule has 3 nitrogen and oxygen atoms in total. The molecule has 3 aromatic rings. The normalized spacial score (nSPS) is 16.5. The summed E-state index contributed by atoms with van der Waals surface area (Å²) in [6.45, 7) is 11.2. The van der Waals surface area contributed by atoms with E-state index >= 15 is 0 Å². The van der Waals surface area contributed by atoms with Crippen molar-refractivity contribution < 1.29 is 22.4 Å². The van der Waals surface area contributed by atoms with Gasteiger partial charge in [-0.05, 0) is 82.7 Å². The van der Waals surface area contributed by atoms with Crippen LogP contribution < -0.4 is 5.32 Å². The minimum Gasteiger partial charge on any atom is -0.456 e. The van der Waals surface area contributed by atoms with E-state index in [9.17, 15) is 18.0 Å². The van der Waals surface area contributed by atoms with Gasteiger partial charge in [0.15, 0.2) is 5.76 Å². The van der Waals surface area contributed by atoms with E-state index in [-0.39, 0.29) is 28.2 Å². The molecule has 7 heteroatoms. The zero-order chi connectivity index (χ0) is 26.5. The second-order valence-corrected chi connectivity index (χ2v) is 11.4. The highest BCUT2D eigenvalue weighted by atomic mass is 35.5. The van der Waals surface area contributed by atoms with Gasteiger partial charge in [0.25, 0.3) is 5.91 Å². The lowest BCUT2D eigenvalue weighted by Crippen LogP contribution is -2.34. The third-order valence-electron chi connectivity index (χ3n) is 7.35. The molecule has 1 aliphatic rings. The molecule has 0 radical (unpaired) electrons. The van der Waals surface area contributed by atoms with Crippen molar-refractivity contribution >= 4 is 17.5 Å². The van der Waals surface area contributed by atoms with E-state index in [0.717, 1.165) is 24.5 Å². The second kappa shape index (κ2) is 9.29. The molecule has 4 rings (SSSR count). The molecule has 1 aliphatic carbocycles. The molecule has 1 heterocycles. The molecule has 1 amide bonds. The fourth-order valence-corrected chi connectivity index (χ4v) is 5.13. The number of fused-ring (bicyclic) bond motifs is 1. The number of carbonyl (C=O) groups is 1. The molecule has 1 N–H and O–H groups in total. The topological polar surface area (TPSA) is 42.2 Å². The van der Waals surface area contributed by atoms with Gasteiger partial charge in [0.1, 0.15) is 5.76 Å². The van der Waals surface area contributed by atoms with Crippen LogP contribution >= 0.6 is 11.6 Å². The number of carbonyl (C=O) groups excluding carboxylic acids is 1. The van der Waals surface area contributed by atoms with Gasteiger partial charge in [0.2, 0.25) is 0 Å². The molecular weight excluding hydrogens is 487 g/mol. The Bertz CT molecular complexity index is 1300. The standard InChI is InChI=1S/C29H31ClF3NO2/c1-17-12-21-22(28(4,5)11-10-27(21,2)3)15-19(17)14-20-7-9-25(36-20)26(35)34-16-18-6-8-24(30)23(13-18)29(31,32)33/h6-9,12-13,15H,10-11,14,16H2,1-5H3,(H,34,35). The zero-order valence-electron chi connectivity index (χ0n) is 21.2. The van der Waals surface area contributed by atoms with E-state index in [4.69, 9.17) is 16.0 Å². The summed E-state index contributed by atoms with van der Waals surface area (Å²) in [5.41, 5.74) is 4.70. The molecule has 36 heavy (non-hydrogen) atoms. The Kier molecular flexibility index (Phi) is 6.80. The van der Waals surface area contributed by atoms with Crippen LogP contribution in [0.15, 0.2) is 46.9 Å². The highest BCUT2D eigenvalue weighted by Crippen LogP contribution is 2.46. The van der Waals surface area contributed by atoms with Gasteiger partial charge in [0.05, 0.1) is 10.6 Å². The lowest BCUT2D eigenvalue weighted by Gasteiger charge is -2.42. The van der Waals surface area contributed by atoms with Crippen LogP contribution in [0, 0.1) is 6.92 Å². The summed E-state index contributed by atoms with van der Waals surface area (Å²) in [5, 5.41) is 2.24. The SMILES string of the molecule is Cc1cc2c(cc1Cc1ccc(C(=O)NCc3ccc(Cl)c(C(F)(F)F)c3)o1)C(C)(C)CCC2(C)C. The maximum atomic E-state index is 13.1. The molecule has 0 atom stereocenters. The monoisotopic (exact) mass is 517 g/mol. The van der Waals surface area contributed by atoms with E-state index in [1.165, 1.54) is 28.8 Å². The van der Waals surface area contributed by atoms with Crippen molar-refractivity contribution in [1.29, 1.82) is 0 Å². The van der Waals surface area contributed by atoms with Gasteiger partial charge in [-0.25, -0.2) is 0 Å². The van der Waals surface area contributed by atoms with Gasteiger partial charge in [0, 0.05) is 13.0 Å². The van der Waals surface area contributed by atoms with Gasteiger partial charge in [-0.2, -0.15) is 13.2 Å². The molecular formula is C29H31ClF3NO2. The van der Waals surface area contributed by atoms with Crippen LogP contribution in [0.5, 0.6) is 0 Å². The minimum absolute atomic E-state index is 0.0795. The van der Waals surface area contributed by atoms with Gasteiger partial charge in [-0.3, -0.25) is 4.79 Å². The molecule has 0 saturated heterocycles. The van der Waals surface area contributed by atoms with Crippen molar-refractivity contribution in [1.82, 2.24) is 5.32 Å². The summed E-state index contributed by atoms with van der Waals surface area (Å²) in [4.78, 5) is 12.6. The number of rotatable bonds is 5. The molecule has 0 spiro atoms. The predicted octanol–water partition coefficient (Wildman–Crippen LogP) is 8.13. The molecule has 1 aromatic heterocycles. The van der Waals surface area contributed by atoms with E-state index in [2.05, 4.69) is 52.1 Å². The summed E-state index contributed by atoms with van der Waals surface area (Å²) in [6.07, 6.45) is -1.74. The molecule has 0 unspecified atom stereocenters. The summed E-state index contributed by atoms with van der Waals surface area (Å²) < 4.78 is 45.1. The Hall–Kier alpha value is -2.73. The van der Waals surface area contributed by atoms with Gasteiger partial charge in [-0.15, -0.1) is 0 Å². The maximum absolute atomic E-state index is 13.1. The number of alkyl halides is 3. The predicted molar refractivity (Wildman–Crippen MR) is 136 cm³/mol. The third-order valence-corrected chi connectivity index (χ3v) is 7.68. The molecule has 0 saturated carbocycles. The van der Waals surface area contributed by atoms with E-state index in [1.54, 1.807) is 12.1 Å². The van der Waals surface area contributed by atoms with Crippen LogP contribution in [0.1, 0.15) is 90.2 Å². The Morgan fingerprint density at radius 3 is 2.28 bits per heavy atom. The number of hydrogen-bond donors (Lipinski definition) is 1. The molecule has 0 bridgehead atoms. The van der Waals surface area contributed by atoms with E-state index in [1.807, 2.05) is 0 Å². The number of furan rings is 1. The number of aryl methyl sites for hydroxylation is 1. The first-order chi connectivity index (χ1) is 16.7. The fraction of sp³-hybridized carbons (Fsp3) is 0.414. The van der Waals surface area contributed by atoms with Crippen molar-refractivity contribution in [2.24, 2.45) is 0 Å². The number of benzene rings is 2. The van der Waals surface area contributed by atoms with Crippen molar-refractivity contribution in [3.05, 3.63) is 92.4 Å². The van der Waals surface area contributed by atoms with Crippen LogP contribution in [-0.4, -0.2) is 5.91 Å². The highest BCUT2D eigenvalue weighted by molar-refractivity contribution is 6.31. The van der Waals surface area contributed by atoms with Crippen LogP contribution in [0.2, 0.25) is 5.02 Å². The van der Waals surface area contributed by atoms with Crippen LogP contribution in [0.4, 0.5) is 13.2 Å². The average molecular weight is 518 g/mol. The Labute approximate surface area is 215 Å². The molecule has 192 valence electrons. The average Bonchev–Trinajstić information content (AvgIpc) is 3.25. The van der Waals surface area contributed by atoms with Crippen molar-refractivity contribution in [2.75, 3.05) is 0 Å². The summed E-state index contributed by atoms with van der Waals surface area (Å²) >= 11 is 5.67. The second-order valence-electron chi connectivity index (χ2n) is 11.0. The van der Waals surface area contributed by atoms with Crippen LogP contribution in [-0.2, 0) is 30.0 Å². The quantitative estimate of drug-likeness (QED) is 0.371. The Morgan fingerprint density at radius 1 is 1.00 bits per heavy atom. The maximum Gasteiger partial charge on any atom is 0.417 e. The smallest absolute Gasteiger partial charge is 0.417 e. The lowest BCUT2D eigenvalue weighted by atomic mass is 9.62. The molecule has 0 aliphatic heterocycles. The number of amides is 1. The summed E-state index contributed by atoms with van der Waals surface area (Å²) in [6, 6.07) is 11.5. The van der Waals surface area contributed by atoms with E-state index < -0.39 is 17.6 Å². The largest absolute Gasteiger partial charge is 0.456 e. The number of hydrogen-bond acceptors (Lipinski definition) is 2. The Balaban J connectivity index is 1.48. The Morgan fingerprint density at radius 2 is 1.64 bits per heavy atom. The molecule has 0 fully saturated rings. The number of halogens is 4. The van der Waals surface area contributed by atoms with Crippen molar-refractivity contribution in [3.63, 3.8) is 0 Å². The van der Waals surface area contributed by atoms with Gasteiger partial charge >= 0.3 is 6.18 Å². The van der Waals surface area contributed by atoms with E-state index in [0.29, 0.717) is 17.7 Å². The molecule has 2 aromatic carbocycles. The first-order valence-corrected chi connectivity index (χ1v) is 12.4.